The number of aliphatic hydroxyl groups is 1. The van der Waals surface area contributed by atoms with Crippen LogP contribution in [0.4, 0.5) is 4.79 Å². The second kappa shape index (κ2) is 19.1. The van der Waals surface area contributed by atoms with E-state index in [0.717, 1.165) is 0 Å². The number of nitrogens with two attached hydrogens (primary N) is 3. The van der Waals surface area contributed by atoms with E-state index < -0.39 is 79.2 Å². The molecular weight excluding hydrogens is 514 g/mol. The number of rotatable bonds is 21. The van der Waals surface area contributed by atoms with Crippen LogP contribution in [0.1, 0.15) is 19.3 Å². The van der Waals surface area contributed by atoms with Gasteiger partial charge in [0.15, 0.2) is 0 Å². The molecule has 18 nitrogen and oxygen atoms in total. The number of carbonyl (C=O) groups is 7. The molecule has 7 amide bonds. The van der Waals surface area contributed by atoms with Crippen LogP contribution in [0.2, 0.25) is 0 Å². The zero-order valence-electron chi connectivity index (χ0n) is 20.6. The maximum atomic E-state index is 12.4. The molecule has 0 saturated carbocycles. The van der Waals surface area contributed by atoms with Crippen molar-refractivity contribution in [3.8, 4) is 0 Å². The fraction of sp³-hybridized carbons (Fsp3) is 0.650. The van der Waals surface area contributed by atoms with Crippen LogP contribution in [0.25, 0.3) is 0 Å². The third-order valence-corrected chi connectivity index (χ3v) is 4.65. The maximum absolute atomic E-state index is 12.4. The summed E-state index contributed by atoms with van der Waals surface area (Å²) < 4.78 is 10.3. The van der Waals surface area contributed by atoms with Crippen molar-refractivity contribution in [2.24, 2.45) is 23.1 Å². The topological polar surface area (TPSA) is 305 Å². The van der Waals surface area contributed by atoms with E-state index in [1.807, 2.05) is 0 Å². The van der Waals surface area contributed by atoms with Crippen molar-refractivity contribution >= 4 is 41.5 Å². The SMILES string of the molecule is NC(=O)C[C@@H](NC(=O)NC[C@@H](CCC(=O)O)C(=O)NCCOCCOCC(=O)N[C@@H](CO)C(N)=O)C(N)=O. The highest BCUT2D eigenvalue weighted by Gasteiger charge is 2.23. The van der Waals surface area contributed by atoms with E-state index in [0.29, 0.717) is 0 Å². The van der Waals surface area contributed by atoms with E-state index in [1.54, 1.807) is 0 Å². The van der Waals surface area contributed by atoms with Gasteiger partial charge >= 0.3 is 12.0 Å². The Morgan fingerprint density at radius 2 is 1.45 bits per heavy atom. The van der Waals surface area contributed by atoms with Gasteiger partial charge in [0.05, 0.1) is 38.8 Å². The first-order valence-corrected chi connectivity index (χ1v) is 11.3. The van der Waals surface area contributed by atoms with Crippen LogP contribution in [0.5, 0.6) is 0 Å². The highest BCUT2D eigenvalue weighted by molar-refractivity contribution is 5.90. The average molecular weight is 550 g/mol. The lowest BCUT2D eigenvalue weighted by Crippen LogP contribution is -2.51. The molecule has 38 heavy (non-hydrogen) atoms. The summed E-state index contributed by atoms with van der Waals surface area (Å²) in [6.07, 6.45) is -0.984. The Kier molecular flexibility index (Phi) is 17.1. The van der Waals surface area contributed by atoms with Crippen LogP contribution in [0, 0.1) is 5.92 Å². The molecule has 0 aromatic rings. The summed E-state index contributed by atoms with van der Waals surface area (Å²) in [5.41, 5.74) is 15.1. The van der Waals surface area contributed by atoms with Gasteiger partial charge < -0.3 is 58.2 Å². The standard InChI is InChI=1S/C20H35N7O11/c21-14(29)7-12(17(22)33)27-20(36)25-8-11(1-2-16(31)32)19(35)24-3-4-37-5-6-38-10-15(30)26-13(9-28)18(23)34/h11-13,28H,1-10H2,(H2,21,29)(H2,22,33)(H2,23,34)(H,24,35)(H,26,30)(H,31,32)(H2,25,27,36)/t11-,12-,13+/m1/s1. The predicted octanol–water partition coefficient (Wildman–Crippen LogP) is -5.39. The zero-order valence-corrected chi connectivity index (χ0v) is 20.6. The first kappa shape index (κ1) is 34.0. The van der Waals surface area contributed by atoms with Crippen LogP contribution in [-0.4, -0.2) is 110 Å². The summed E-state index contributed by atoms with van der Waals surface area (Å²) in [7, 11) is 0. The molecule has 0 radical (unpaired) electrons. The van der Waals surface area contributed by atoms with E-state index in [9.17, 15) is 33.6 Å². The second-order valence-electron chi connectivity index (χ2n) is 7.77. The van der Waals surface area contributed by atoms with Gasteiger partial charge in [-0.1, -0.05) is 0 Å². The lowest BCUT2D eigenvalue weighted by atomic mass is 10.0. The second-order valence-corrected chi connectivity index (χ2v) is 7.77. The van der Waals surface area contributed by atoms with E-state index >= 15 is 0 Å². The molecule has 12 N–H and O–H groups in total. The molecule has 0 aliphatic heterocycles. The highest BCUT2D eigenvalue weighted by Crippen LogP contribution is 2.06. The summed E-state index contributed by atoms with van der Waals surface area (Å²) in [4.78, 5) is 80.1. The molecule has 0 heterocycles. The first-order chi connectivity index (χ1) is 17.9. The third-order valence-electron chi connectivity index (χ3n) is 4.65. The lowest BCUT2D eigenvalue weighted by Gasteiger charge is -2.19. The Morgan fingerprint density at radius 3 is 2.00 bits per heavy atom. The van der Waals surface area contributed by atoms with Gasteiger partial charge in [0.2, 0.25) is 29.5 Å². The van der Waals surface area contributed by atoms with Crippen molar-refractivity contribution < 1.29 is 53.2 Å². The van der Waals surface area contributed by atoms with Crippen LogP contribution in [0.15, 0.2) is 0 Å². The molecule has 0 bridgehead atoms. The van der Waals surface area contributed by atoms with Gasteiger partial charge in [-0.25, -0.2) is 4.79 Å². The number of aliphatic carboxylic acids is 1. The number of ether oxygens (including phenoxy) is 2. The van der Waals surface area contributed by atoms with Crippen molar-refractivity contribution in [3.05, 3.63) is 0 Å². The van der Waals surface area contributed by atoms with Gasteiger partial charge in [0.1, 0.15) is 18.7 Å². The minimum atomic E-state index is -1.36. The first-order valence-electron chi connectivity index (χ1n) is 11.3. The van der Waals surface area contributed by atoms with Crippen molar-refractivity contribution in [1.29, 1.82) is 0 Å². The van der Waals surface area contributed by atoms with Crippen molar-refractivity contribution in [2.75, 3.05) is 46.1 Å². The number of hydrogen-bond donors (Lipinski definition) is 9. The number of aliphatic hydroxyl groups excluding tert-OH is 1. The molecule has 3 atom stereocenters. The van der Waals surface area contributed by atoms with Gasteiger partial charge in [-0.05, 0) is 6.42 Å². The van der Waals surface area contributed by atoms with E-state index in [4.69, 9.17) is 36.9 Å². The summed E-state index contributed by atoms with van der Waals surface area (Å²) in [6, 6.07) is -3.49. The minimum Gasteiger partial charge on any atom is -0.481 e. The van der Waals surface area contributed by atoms with Crippen molar-refractivity contribution in [3.63, 3.8) is 0 Å². The van der Waals surface area contributed by atoms with E-state index in [-0.39, 0.29) is 45.8 Å². The molecule has 18 heteroatoms. The molecular formula is C20H35N7O11. The minimum absolute atomic E-state index is 0.00402. The van der Waals surface area contributed by atoms with Gasteiger partial charge in [-0.2, -0.15) is 0 Å². The molecule has 0 fully saturated rings. The normalized spacial score (nSPS) is 12.9. The highest BCUT2D eigenvalue weighted by atomic mass is 16.5. The Labute approximate surface area is 217 Å². The number of carbonyl (C=O) groups excluding carboxylic acids is 6. The summed E-state index contributed by atoms with van der Waals surface area (Å²) in [5.74, 6) is -6.09. The Hall–Kier alpha value is -4.03. The molecule has 0 saturated heterocycles. The quantitative estimate of drug-likeness (QED) is 0.0608. The number of primary amides is 3. The maximum Gasteiger partial charge on any atom is 0.315 e. The van der Waals surface area contributed by atoms with Crippen LogP contribution in [-0.2, 0) is 38.2 Å². The Bertz CT molecular complexity index is 840. The molecule has 0 aromatic heterocycles. The Balaban J connectivity index is 4.39. The largest absolute Gasteiger partial charge is 0.481 e. The molecule has 0 aliphatic rings. The molecule has 0 unspecified atom stereocenters. The number of amides is 7. The number of carboxylic acids is 1. The average Bonchev–Trinajstić information content (AvgIpc) is 2.82. The van der Waals surface area contributed by atoms with Crippen LogP contribution >= 0.6 is 0 Å². The fourth-order valence-electron chi connectivity index (χ4n) is 2.69. The summed E-state index contributed by atoms with van der Waals surface area (Å²) in [6.45, 7) is -1.20. The summed E-state index contributed by atoms with van der Waals surface area (Å²) in [5, 5.41) is 27.0. The number of urea groups is 1. The van der Waals surface area contributed by atoms with E-state index in [2.05, 4.69) is 21.3 Å². The number of nitrogens with one attached hydrogen (secondary N) is 4. The van der Waals surface area contributed by atoms with Crippen LogP contribution in [0.3, 0.4) is 0 Å². The van der Waals surface area contributed by atoms with Crippen LogP contribution < -0.4 is 38.5 Å². The fourth-order valence-corrected chi connectivity index (χ4v) is 2.69. The van der Waals surface area contributed by atoms with Gasteiger partial charge in [0.25, 0.3) is 0 Å². The molecule has 0 aromatic carbocycles. The molecule has 0 spiro atoms. The number of hydrogen-bond acceptors (Lipinski definition) is 10. The predicted molar refractivity (Wildman–Crippen MR) is 127 cm³/mol. The Morgan fingerprint density at radius 1 is 0.816 bits per heavy atom. The molecule has 216 valence electrons. The summed E-state index contributed by atoms with van der Waals surface area (Å²) >= 11 is 0. The smallest absolute Gasteiger partial charge is 0.315 e. The zero-order chi connectivity index (χ0) is 29.1. The monoisotopic (exact) mass is 549 g/mol. The molecule has 0 aliphatic carbocycles. The van der Waals surface area contributed by atoms with Crippen molar-refractivity contribution in [2.45, 2.75) is 31.3 Å². The molecule has 0 rings (SSSR count). The van der Waals surface area contributed by atoms with Gasteiger partial charge in [-0.3, -0.25) is 28.8 Å². The number of carboxylic acid groups (broad SMARTS) is 1. The lowest BCUT2D eigenvalue weighted by molar-refractivity contribution is -0.137. The van der Waals surface area contributed by atoms with E-state index in [1.165, 1.54) is 0 Å². The van der Waals surface area contributed by atoms with Crippen molar-refractivity contribution in [1.82, 2.24) is 21.3 Å². The van der Waals surface area contributed by atoms with Gasteiger partial charge in [-0.15, -0.1) is 0 Å². The third kappa shape index (κ3) is 16.6. The van der Waals surface area contributed by atoms with Gasteiger partial charge in [0, 0.05) is 19.5 Å².